The number of halogens is 3. The lowest BCUT2D eigenvalue weighted by Crippen LogP contribution is -2.40. The fraction of sp³-hybridized carbons (Fsp3) is 0.318. The summed E-state index contributed by atoms with van der Waals surface area (Å²) >= 11 is 3.00. The van der Waals surface area contributed by atoms with Crippen LogP contribution in [0.5, 0.6) is 0 Å². The van der Waals surface area contributed by atoms with Crippen LogP contribution < -0.4 is 4.90 Å². The molecule has 35 heavy (non-hydrogen) atoms. The molecule has 3 aromatic rings. The van der Waals surface area contributed by atoms with Crippen LogP contribution in [0.2, 0.25) is 0 Å². The van der Waals surface area contributed by atoms with Gasteiger partial charge >= 0.3 is 12.1 Å². The van der Waals surface area contributed by atoms with Crippen LogP contribution in [0.1, 0.15) is 38.0 Å². The second-order valence-electron chi connectivity index (χ2n) is 8.09. The van der Waals surface area contributed by atoms with Crippen molar-refractivity contribution in [3.05, 3.63) is 62.5 Å². The number of hydrogen-bond donors (Lipinski definition) is 1. The van der Waals surface area contributed by atoms with Gasteiger partial charge in [-0.05, 0) is 36.9 Å². The average molecular weight is 525 g/mol. The molecule has 0 aromatic carbocycles. The second-order valence-corrected chi connectivity index (χ2v) is 9.93. The Kier molecular flexibility index (Phi) is 6.64. The number of thiophene rings is 1. The molecule has 0 radical (unpaired) electrons. The zero-order valence-corrected chi connectivity index (χ0v) is 19.9. The van der Waals surface area contributed by atoms with Gasteiger partial charge in [0.2, 0.25) is 0 Å². The zero-order chi connectivity index (χ0) is 25.4. The van der Waals surface area contributed by atoms with Crippen LogP contribution in [-0.4, -0.2) is 63.6 Å². The first kappa shape index (κ1) is 24.8. The number of aliphatic carboxylic acids is 1. The Morgan fingerprint density at radius 3 is 2.49 bits per heavy atom. The first-order chi connectivity index (χ1) is 16.5. The van der Waals surface area contributed by atoms with E-state index >= 15 is 0 Å². The number of rotatable bonds is 2. The molecular weight excluding hydrogens is 505 g/mol. The van der Waals surface area contributed by atoms with Gasteiger partial charge in [-0.15, -0.1) is 11.3 Å². The molecule has 1 fully saturated rings. The number of amides is 2. The zero-order valence-electron chi connectivity index (χ0n) is 18.3. The third-order valence-corrected chi connectivity index (χ3v) is 7.23. The Balaban J connectivity index is 0.000000364. The molecule has 2 aliphatic heterocycles. The van der Waals surface area contributed by atoms with Gasteiger partial charge in [0.25, 0.3) is 11.8 Å². The molecule has 8 nitrogen and oxygen atoms in total. The number of aromatic nitrogens is 2. The van der Waals surface area contributed by atoms with Crippen molar-refractivity contribution in [3.63, 3.8) is 0 Å². The van der Waals surface area contributed by atoms with Crippen molar-refractivity contribution < 1.29 is 32.7 Å². The summed E-state index contributed by atoms with van der Waals surface area (Å²) in [4.78, 5) is 47.5. The summed E-state index contributed by atoms with van der Waals surface area (Å²) in [6.45, 7) is 3.65. The monoisotopic (exact) mass is 524 g/mol. The maximum absolute atomic E-state index is 13.1. The average Bonchev–Trinajstić information content (AvgIpc) is 3.61. The minimum Gasteiger partial charge on any atom is -0.475 e. The highest BCUT2D eigenvalue weighted by Crippen LogP contribution is 2.45. The van der Waals surface area contributed by atoms with E-state index in [0.29, 0.717) is 30.9 Å². The maximum atomic E-state index is 13.1. The van der Waals surface area contributed by atoms with Gasteiger partial charge in [-0.1, -0.05) is 0 Å². The maximum Gasteiger partial charge on any atom is 0.490 e. The summed E-state index contributed by atoms with van der Waals surface area (Å²) in [5.41, 5.74) is 2.66. The molecule has 3 aromatic heterocycles. The van der Waals surface area contributed by atoms with Crippen molar-refractivity contribution in [2.45, 2.75) is 24.9 Å². The van der Waals surface area contributed by atoms with Gasteiger partial charge in [-0.2, -0.15) is 24.5 Å². The third-order valence-electron chi connectivity index (χ3n) is 5.78. The molecule has 5 rings (SSSR count). The Hall–Kier alpha value is -3.32. The van der Waals surface area contributed by atoms with Gasteiger partial charge < -0.3 is 14.9 Å². The van der Waals surface area contributed by atoms with E-state index < -0.39 is 12.1 Å². The Bertz CT molecular complexity index is 1260. The molecule has 1 atom stereocenters. The summed E-state index contributed by atoms with van der Waals surface area (Å²) in [6.07, 6.45) is -2.52. The van der Waals surface area contributed by atoms with Gasteiger partial charge in [0.15, 0.2) is 0 Å². The van der Waals surface area contributed by atoms with Gasteiger partial charge in [-0.3, -0.25) is 14.6 Å². The number of fused-ring (bicyclic) bond motifs is 2. The number of pyridine rings is 1. The molecule has 0 bridgehead atoms. The van der Waals surface area contributed by atoms with E-state index in [1.165, 1.54) is 22.7 Å². The number of nitrogens with zero attached hydrogens (tertiary/aromatic N) is 4. The quantitative estimate of drug-likeness (QED) is 0.544. The highest BCUT2D eigenvalue weighted by atomic mass is 32.1. The molecule has 1 spiro atoms. The van der Waals surface area contributed by atoms with Gasteiger partial charge in [0, 0.05) is 36.6 Å². The fourth-order valence-corrected chi connectivity index (χ4v) is 5.42. The van der Waals surface area contributed by atoms with E-state index in [1.54, 1.807) is 6.20 Å². The standard InChI is InChI=1S/C20H18N4O2S2.C2HF3O2/c1-13-22-15(10-28-13)19(26)23-7-5-20(11-23)12-24(16-3-2-6-21-17(16)20)18(25)14-4-8-27-9-14;3-2(4,5)1(6)7/h2-4,6,8-10H,5,7,11-12H2,1H3;(H,6,7). The number of hydrogen-bond acceptors (Lipinski definition) is 7. The van der Waals surface area contributed by atoms with Gasteiger partial charge in [0.1, 0.15) is 5.69 Å². The predicted molar refractivity (Wildman–Crippen MR) is 123 cm³/mol. The highest BCUT2D eigenvalue weighted by molar-refractivity contribution is 7.09. The van der Waals surface area contributed by atoms with E-state index in [2.05, 4.69) is 9.97 Å². The van der Waals surface area contributed by atoms with E-state index in [1.807, 2.05) is 51.1 Å². The number of carbonyl (C=O) groups excluding carboxylic acids is 2. The Morgan fingerprint density at radius 1 is 1.14 bits per heavy atom. The Labute approximate surface area is 205 Å². The molecule has 0 saturated carbocycles. The molecule has 1 N–H and O–H groups in total. The molecule has 184 valence electrons. The minimum absolute atomic E-state index is 0.00715. The molecule has 2 aliphatic rings. The summed E-state index contributed by atoms with van der Waals surface area (Å²) in [5.74, 6) is -2.80. The molecule has 13 heteroatoms. The number of likely N-dealkylation sites (tertiary alicyclic amines) is 1. The smallest absolute Gasteiger partial charge is 0.475 e. The fourth-order valence-electron chi connectivity index (χ4n) is 4.20. The molecule has 0 aliphatic carbocycles. The van der Waals surface area contributed by atoms with Crippen LogP contribution in [-0.2, 0) is 10.2 Å². The molecule has 1 saturated heterocycles. The highest BCUT2D eigenvalue weighted by Gasteiger charge is 2.51. The first-order valence-electron chi connectivity index (χ1n) is 10.3. The lowest BCUT2D eigenvalue weighted by Gasteiger charge is -2.24. The number of aryl methyl sites for hydroxylation is 1. The summed E-state index contributed by atoms with van der Waals surface area (Å²) in [7, 11) is 0. The summed E-state index contributed by atoms with van der Waals surface area (Å²) in [5, 5.41) is 13.6. The predicted octanol–water partition coefficient (Wildman–Crippen LogP) is 3.99. The largest absolute Gasteiger partial charge is 0.490 e. The van der Waals surface area contributed by atoms with Crippen molar-refractivity contribution in [1.29, 1.82) is 0 Å². The van der Waals surface area contributed by atoms with Crippen molar-refractivity contribution in [1.82, 2.24) is 14.9 Å². The number of carboxylic acids is 1. The SMILES string of the molecule is Cc1nc(C(=O)N2CCC3(C2)CN(C(=O)c2ccsc2)c2cccnc23)cs1.O=C(O)C(F)(F)F. The lowest BCUT2D eigenvalue weighted by molar-refractivity contribution is -0.192. The van der Waals surface area contributed by atoms with E-state index in [0.717, 1.165) is 22.8 Å². The van der Waals surface area contributed by atoms with Crippen LogP contribution in [0.4, 0.5) is 18.9 Å². The first-order valence-corrected chi connectivity index (χ1v) is 12.2. The van der Waals surface area contributed by atoms with Crippen molar-refractivity contribution >= 4 is 46.1 Å². The number of alkyl halides is 3. The number of carboxylic acid groups (broad SMARTS) is 1. The van der Waals surface area contributed by atoms with Crippen LogP contribution >= 0.6 is 22.7 Å². The Morgan fingerprint density at radius 2 is 1.89 bits per heavy atom. The third kappa shape index (κ3) is 4.91. The van der Waals surface area contributed by atoms with Gasteiger partial charge in [-0.25, -0.2) is 9.78 Å². The minimum atomic E-state index is -5.08. The summed E-state index contributed by atoms with van der Waals surface area (Å²) < 4.78 is 31.7. The number of carbonyl (C=O) groups is 3. The van der Waals surface area contributed by atoms with Crippen molar-refractivity contribution in [2.75, 3.05) is 24.5 Å². The number of thiazole rings is 1. The summed E-state index contributed by atoms with van der Waals surface area (Å²) in [6, 6.07) is 5.67. The van der Waals surface area contributed by atoms with E-state index in [9.17, 15) is 22.8 Å². The van der Waals surface area contributed by atoms with Crippen molar-refractivity contribution in [3.8, 4) is 0 Å². The number of anilines is 1. The van der Waals surface area contributed by atoms with E-state index in [-0.39, 0.29) is 17.2 Å². The van der Waals surface area contributed by atoms with Crippen LogP contribution in [0.15, 0.2) is 40.5 Å². The van der Waals surface area contributed by atoms with Crippen molar-refractivity contribution in [2.24, 2.45) is 0 Å². The normalized spacial score (nSPS) is 18.9. The molecule has 5 heterocycles. The lowest BCUT2D eigenvalue weighted by atomic mass is 9.85. The molecule has 2 amide bonds. The molecular formula is C22H19F3N4O4S2. The topological polar surface area (TPSA) is 104 Å². The molecule has 1 unspecified atom stereocenters. The van der Waals surface area contributed by atoms with Gasteiger partial charge in [0.05, 0.1) is 27.4 Å². The van der Waals surface area contributed by atoms with Crippen LogP contribution in [0, 0.1) is 6.92 Å². The van der Waals surface area contributed by atoms with E-state index in [4.69, 9.17) is 9.90 Å². The second kappa shape index (κ2) is 9.38. The van der Waals surface area contributed by atoms with Crippen LogP contribution in [0.3, 0.4) is 0 Å². The van der Waals surface area contributed by atoms with Crippen LogP contribution in [0.25, 0.3) is 0 Å².